The van der Waals surface area contributed by atoms with Crippen LogP contribution < -0.4 is 27.1 Å². The third kappa shape index (κ3) is 2.85. The van der Waals surface area contributed by atoms with E-state index in [0.29, 0.717) is 19.0 Å². The average Bonchev–Trinajstić information content (AvgIpc) is 3.06. The van der Waals surface area contributed by atoms with Gasteiger partial charge in [-0.05, 0) is 19.1 Å². The molecular formula is C18H18N4O5. The first-order valence-corrected chi connectivity index (χ1v) is 8.43. The van der Waals surface area contributed by atoms with Crippen LogP contribution in [0.25, 0.3) is 0 Å². The second-order valence-electron chi connectivity index (χ2n) is 7.00. The van der Waals surface area contributed by atoms with Crippen LogP contribution in [-0.2, 0) is 4.74 Å². The zero-order chi connectivity index (χ0) is 19.2. The van der Waals surface area contributed by atoms with Crippen molar-refractivity contribution in [1.29, 1.82) is 0 Å². The summed E-state index contributed by atoms with van der Waals surface area (Å²) in [5.74, 6) is 1.39. The lowest BCUT2D eigenvalue weighted by Crippen LogP contribution is -2.49. The van der Waals surface area contributed by atoms with Crippen molar-refractivity contribution in [2.45, 2.75) is 19.9 Å². The van der Waals surface area contributed by atoms with Crippen LogP contribution in [0.15, 0.2) is 43.5 Å². The Labute approximate surface area is 153 Å². The number of aromatic amines is 1. The normalized spacial score (nSPS) is 16.7. The summed E-state index contributed by atoms with van der Waals surface area (Å²) in [6.45, 7) is 4.82. The Bertz CT molecular complexity index is 1120. The van der Waals surface area contributed by atoms with E-state index in [0.717, 1.165) is 5.76 Å². The molecule has 1 saturated heterocycles. The van der Waals surface area contributed by atoms with Crippen LogP contribution in [0.2, 0.25) is 0 Å². The SMILES string of the molecule is Cc1ccc(C(Nc2c(Nc3cnc[nH]c3=O)c(=O)c2=O)C2(C)COC2)o1. The second kappa shape index (κ2) is 6.20. The molecule has 2 aromatic heterocycles. The number of rotatable bonds is 6. The molecule has 27 heavy (non-hydrogen) atoms. The van der Waals surface area contributed by atoms with Crippen molar-refractivity contribution in [3.05, 3.63) is 67.0 Å². The molecule has 140 valence electrons. The highest BCUT2D eigenvalue weighted by Gasteiger charge is 2.45. The van der Waals surface area contributed by atoms with Crippen molar-refractivity contribution in [1.82, 2.24) is 9.97 Å². The predicted molar refractivity (Wildman–Crippen MR) is 98.2 cm³/mol. The molecule has 1 aliphatic rings. The zero-order valence-corrected chi connectivity index (χ0v) is 14.8. The summed E-state index contributed by atoms with van der Waals surface area (Å²) in [4.78, 5) is 42.3. The first-order valence-electron chi connectivity index (χ1n) is 8.43. The molecule has 3 heterocycles. The summed E-state index contributed by atoms with van der Waals surface area (Å²) in [6.07, 6.45) is 2.52. The van der Waals surface area contributed by atoms with Gasteiger partial charge < -0.3 is 24.8 Å². The molecule has 1 aromatic carbocycles. The number of nitrogens with one attached hydrogen (secondary N) is 3. The van der Waals surface area contributed by atoms with Crippen LogP contribution in [0.5, 0.6) is 0 Å². The average molecular weight is 370 g/mol. The molecule has 1 atom stereocenters. The molecule has 1 aliphatic heterocycles. The maximum atomic E-state index is 12.2. The van der Waals surface area contributed by atoms with Crippen LogP contribution >= 0.6 is 0 Å². The van der Waals surface area contributed by atoms with E-state index in [1.807, 2.05) is 26.0 Å². The van der Waals surface area contributed by atoms with E-state index in [9.17, 15) is 14.4 Å². The number of aromatic nitrogens is 2. The number of ether oxygens (including phenoxy) is 1. The van der Waals surface area contributed by atoms with Crippen LogP contribution in [-0.4, -0.2) is 23.2 Å². The molecule has 0 amide bonds. The van der Waals surface area contributed by atoms with Crippen molar-refractivity contribution in [3.63, 3.8) is 0 Å². The summed E-state index contributed by atoms with van der Waals surface area (Å²) in [7, 11) is 0. The first-order chi connectivity index (χ1) is 12.9. The molecule has 3 N–H and O–H groups in total. The van der Waals surface area contributed by atoms with E-state index in [-0.39, 0.29) is 28.5 Å². The minimum atomic E-state index is -0.690. The molecule has 1 fully saturated rings. The number of H-pyrrole nitrogens is 1. The Kier molecular flexibility index (Phi) is 3.96. The maximum Gasteiger partial charge on any atom is 0.274 e. The molecular weight excluding hydrogens is 352 g/mol. The lowest BCUT2D eigenvalue weighted by molar-refractivity contribution is -0.115. The van der Waals surface area contributed by atoms with Gasteiger partial charge in [0.1, 0.15) is 28.6 Å². The zero-order valence-electron chi connectivity index (χ0n) is 14.8. The number of anilines is 3. The van der Waals surface area contributed by atoms with Gasteiger partial charge in [-0.3, -0.25) is 14.4 Å². The smallest absolute Gasteiger partial charge is 0.274 e. The minimum absolute atomic E-state index is 0.0376. The standard InChI is InChI=1S/C18H18N4O5/c1-9-3-4-11(27-9)16(18(2)6-26-7-18)22-13-12(14(23)15(13)24)21-10-5-19-8-20-17(10)25/h3-5,8,16,21-22H,6-7H2,1-2H3,(H,19,20,25). The van der Waals surface area contributed by atoms with Gasteiger partial charge in [-0.25, -0.2) is 4.98 Å². The largest absolute Gasteiger partial charge is 0.464 e. The number of hydrogen-bond acceptors (Lipinski definition) is 8. The summed E-state index contributed by atoms with van der Waals surface area (Å²) < 4.78 is 11.1. The highest BCUT2D eigenvalue weighted by molar-refractivity contribution is 5.78. The topological polar surface area (TPSA) is 126 Å². The summed E-state index contributed by atoms with van der Waals surface area (Å²) >= 11 is 0. The van der Waals surface area contributed by atoms with E-state index in [1.54, 1.807) is 0 Å². The lowest BCUT2D eigenvalue weighted by atomic mass is 9.79. The Hall–Kier alpha value is -3.20. The molecule has 4 rings (SSSR count). The van der Waals surface area contributed by atoms with Gasteiger partial charge in [0.25, 0.3) is 16.4 Å². The van der Waals surface area contributed by atoms with Crippen molar-refractivity contribution in [3.8, 4) is 0 Å². The fourth-order valence-electron chi connectivity index (χ4n) is 3.15. The van der Waals surface area contributed by atoms with Gasteiger partial charge in [-0.1, -0.05) is 6.92 Å². The van der Waals surface area contributed by atoms with Gasteiger partial charge in [-0.15, -0.1) is 0 Å². The Balaban J connectivity index is 1.68. The monoisotopic (exact) mass is 370 g/mol. The second-order valence-corrected chi connectivity index (χ2v) is 7.00. The summed E-state index contributed by atoms with van der Waals surface area (Å²) in [6, 6.07) is 3.31. The van der Waals surface area contributed by atoms with Gasteiger partial charge in [0.15, 0.2) is 0 Å². The van der Waals surface area contributed by atoms with Crippen LogP contribution in [0, 0.1) is 12.3 Å². The molecule has 3 aromatic rings. The van der Waals surface area contributed by atoms with Gasteiger partial charge in [-0.2, -0.15) is 0 Å². The third-order valence-electron chi connectivity index (χ3n) is 4.78. The fourth-order valence-corrected chi connectivity index (χ4v) is 3.15. The lowest BCUT2D eigenvalue weighted by Gasteiger charge is -2.44. The number of furan rings is 1. The number of hydrogen-bond donors (Lipinski definition) is 3. The third-order valence-corrected chi connectivity index (χ3v) is 4.78. The van der Waals surface area contributed by atoms with E-state index in [4.69, 9.17) is 9.15 Å². The molecule has 0 aliphatic carbocycles. The van der Waals surface area contributed by atoms with E-state index in [1.165, 1.54) is 12.5 Å². The van der Waals surface area contributed by atoms with Gasteiger partial charge >= 0.3 is 0 Å². The molecule has 0 bridgehead atoms. The molecule has 1 unspecified atom stereocenters. The maximum absolute atomic E-state index is 12.2. The Morgan fingerprint density at radius 1 is 1.19 bits per heavy atom. The molecule has 0 saturated carbocycles. The van der Waals surface area contributed by atoms with Crippen molar-refractivity contribution >= 4 is 17.1 Å². The van der Waals surface area contributed by atoms with Crippen LogP contribution in [0.4, 0.5) is 17.1 Å². The molecule has 9 nitrogen and oxygen atoms in total. The van der Waals surface area contributed by atoms with Crippen molar-refractivity contribution in [2.75, 3.05) is 23.8 Å². The van der Waals surface area contributed by atoms with Crippen molar-refractivity contribution in [2.24, 2.45) is 5.41 Å². The predicted octanol–water partition coefficient (Wildman–Crippen LogP) is 1.20. The van der Waals surface area contributed by atoms with Gasteiger partial charge in [0, 0.05) is 5.41 Å². The first kappa shape index (κ1) is 17.2. The van der Waals surface area contributed by atoms with E-state index >= 15 is 0 Å². The fraction of sp³-hybridized carbons (Fsp3) is 0.333. The minimum Gasteiger partial charge on any atom is -0.464 e. The van der Waals surface area contributed by atoms with Gasteiger partial charge in [0.05, 0.1) is 31.8 Å². The molecule has 0 spiro atoms. The number of aryl methyl sites for hydroxylation is 1. The Morgan fingerprint density at radius 3 is 2.52 bits per heavy atom. The Morgan fingerprint density at radius 2 is 1.93 bits per heavy atom. The quantitative estimate of drug-likeness (QED) is 0.553. The summed E-state index contributed by atoms with van der Waals surface area (Å²) in [5.41, 5.74) is -1.84. The van der Waals surface area contributed by atoms with Crippen LogP contribution in [0.3, 0.4) is 0 Å². The van der Waals surface area contributed by atoms with Crippen LogP contribution in [0.1, 0.15) is 24.5 Å². The van der Waals surface area contributed by atoms with E-state index in [2.05, 4.69) is 20.6 Å². The highest BCUT2D eigenvalue weighted by atomic mass is 16.5. The van der Waals surface area contributed by atoms with Gasteiger partial charge in [0.2, 0.25) is 0 Å². The van der Waals surface area contributed by atoms with Crippen molar-refractivity contribution < 1.29 is 9.15 Å². The number of nitrogens with zero attached hydrogens (tertiary/aromatic N) is 1. The molecule has 9 heteroatoms. The van der Waals surface area contributed by atoms with E-state index < -0.39 is 16.4 Å². The highest BCUT2D eigenvalue weighted by Crippen LogP contribution is 2.43. The molecule has 0 radical (unpaired) electrons. The summed E-state index contributed by atoms with van der Waals surface area (Å²) in [5, 5.41) is 5.84.